The fourth-order valence-corrected chi connectivity index (χ4v) is 4.35. The van der Waals surface area contributed by atoms with Crippen LogP contribution in [-0.2, 0) is 0 Å². The lowest BCUT2D eigenvalue weighted by molar-refractivity contribution is -0.0889. The summed E-state index contributed by atoms with van der Waals surface area (Å²) in [6, 6.07) is 5.90. The first-order valence-electron chi connectivity index (χ1n) is 9.39. The SMILES string of the molecule is O=C(O)NN1C(CCCOc2ccc(F)cc2)C[C@H](O)[C@@H]2CCCC[C@H]21. The fraction of sp³-hybridized carbons (Fsp3) is 0.632. The number of rotatable bonds is 6. The molecule has 1 aliphatic carbocycles. The lowest BCUT2D eigenvalue weighted by Gasteiger charge is -2.50. The van der Waals surface area contributed by atoms with Crippen LogP contribution >= 0.6 is 0 Å². The van der Waals surface area contributed by atoms with E-state index in [-0.39, 0.29) is 29.9 Å². The van der Waals surface area contributed by atoms with E-state index in [1.807, 2.05) is 5.01 Å². The number of nitrogens with one attached hydrogen (secondary N) is 1. The number of carbonyl (C=O) groups is 1. The maximum absolute atomic E-state index is 12.9. The van der Waals surface area contributed by atoms with Crippen molar-refractivity contribution in [3.63, 3.8) is 0 Å². The predicted molar refractivity (Wildman–Crippen MR) is 94.3 cm³/mol. The summed E-state index contributed by atoms with van der Waals surface area (Å²) in [5.41, 5.74) is 2.57. The van der Waals surface area contributed by atoms with Crippen molar-refractivity contribution in [2.45, 2.75) is 63.1 Å². The van der Waals surface area contributed by atoms with Crippen LogP contribution < -0.4 is 10.2 Å². The molecule has 1 amide bonds. The first kappa shape index (κ1) is 18.9. The summed E-state index contributed by atoms with van der Waals surface area (Å²) in [6.45, 7) is 0.466. The molecule has 1 aromatic rings. The smallest absolute Gasteiger partial charge is 0.419 e. The van der Waals surface area contributed by atoms with Crippen LogP contribution in [0.25, 0.3) is 0 Å². The molecule has 1 unspecified atom stereocenters. The molecule has 144 valence electrons. The van der Waals surface area contributed by atoms with Gasteiger partial charge in [-0.1, -0.05) is 12.8 Å². The molecule has 1 heterocycles. The van der Waals surface area contributed by atoms with Crippen LogP contribution in [0.1, 0.15) is 44.9 Å². The molecule has 4 atom stereocenters. The lowest BCUT2D eigenvalue weighted by atomic mass is 9.75. The molecule has 2 aliphatic rings. The van der Waals surface area contributed by atoms with Gasteiger partial charge in [0, 0.05) is 18.0 Å². The number of amides is 1. The van der Waals surface area contributed by atoms with Crippen molar-refractivity contribution < 1.29 is 24.1 Å². The lowest BCUT2D eigenvalue weighted by Crippen LogP contribution is -2.63. The Morgan fingerprint density at radius 3 is 2.73 bits per heavy atom. The van der Waals surface area contributed by atoms with Crippen molar-refractivity contribution in [3.8, 4) is 5.75 Å². The Balaban J connectivity index is 1.55. The third-order valence-electron chi connectivity index (χ3n) is 5.53. The Morgan fingerprint density at radius 1 is 1.27 bits per heavy atom. The molecule has 0 bridgehead atoms. The van der Waals surface area contributed by atoms with Crippen molar-refractivity contribution in [1.82, 2.24) is 10.4 Å². The summed E-state index contributed by atoms with van der Waals surface area (Å²) < 4.78 is 18.5. The van der Waals surface area contributed by atoms with Gasteiger partial charge in [-0.2, -0.15) is 0 Å². The van der Waals surface area contributed by atoms with Crippen molar-refractivity contribution in [2.75, 3.05) is 6.61 Å². The van der Waals surface area contributed by atoms with Crippen LogP contribution in [0.15, 0.2) is 24.3 Å². The van der Waals surface area contributed by atoms with Gasteiger partial charge in [-0.3, -0.25) is 5.43 Å². The number of carboxylic acid groups (broad SMARTS) is 1. The molecule has 0 spiro atoms. The highest BCUT2D eigenvalue weighted by Crippen LogP contribution is 2.38. The van der Waals surface area contributed by atoms with Gasteiger partial charge in [0.2, 0.25) is 0 Å². The third-order valence-corrected chi connectivity index (χ3v) is 5.53. The van der Waals surface area contributed by atoms with Crippen LogP contribution in [0.2, 0.25) is 0 Å². The number of hydrogen-bond donors (Lipinski definition) is 3. The molecular weight excluding hydrogens is 339 g/mol. The quantitative estimate of drug-likeness (QED) is 0.674. The average molecular weight is 366 g/mol. The summed E-state index contributed by atoms with van der Waals surface area (Å²) in [5.74, 6) is 0.455. The van der Waals surface area contributed by atoms with E-state index in [0.29, 0.717) is 18.8 Å². The maximum atomic E-state index is 12.9. The number of piperidine rings is 1. The van der Waals surface area contributed by atoms with Gasteiger partial charge < -0.3 is 14.9 Å². The standard InChI is InChI=1S/C19H27FN2O4/c20-13-7-9-15(10-8-13)26-11-3-4-14-12-18(23)16-5-1-2-6-17(16)22(14)21-19(24)25/h7-10,14,16-18,21,23H,1-6,11-12H2,(H,24,25)/t14?,16-,17-,18+/m1/s1. The zero-order valence-electron chi connectivity index (χ0n) is 14.8. The molecule has 2 fully saturated rings. The molecule has 3 N–H and O–H groups in total. The van der Waals surface area contributed by atoms with Crippen LogP contribution in [-0.4, -0.2) is 46.1 Å². The number of aliphatic hydroxyl groups is 1. The summed E-state index contributed by atoms with van der Waals surface area (Å²) >= 11 is 0. The highest BCUT2D eigenvalue weighted by molar-refractivity contribution is 5.63. The van der Waals surface area contributed by atoms with Crippen LogP contribution in [0.3, 0.4) is 0 Å². The first-order chi connectivity index (χ1) is 12.5. The zero-order chi connectivity index (χ0) is 18.5. The largest absolute Gasteiger partial charge is 0.494 e. The third kappa shape index (κ3) is 4.65. The molecule has 1 saturated carbocycles. The molecule has 26 heavy (non-hydrogen) atoms. The molecule has 1 aromatic carbocycles. The minimum Gasteiger partial charge on any atom is -0.494 e. The first-order valence-corrected chi connectivity index (χ1v) is 9.39. The highest BCUT2D eigenvalue weighted by atomic mass is 19.1. The van der Waals surface area contributed by atoms with Crippen molar-refractivity contribution in [1.29, 1.82) is 0 Å². The molecule has 1 saturated heterocycles. The number of nitrogens with zero attached hydrogens (tertiary/aromatic N) is 1. The number of ether oxygens (including phenoxy) is 1. The van der Waals surface area contributed by atoms with Crippen molar-refractivity contribution in [3.05, 3.63) is 30.1 Å². The number of benzene rings is 1. The number of hydrazine groups is 1. The maximum Gasteiger partial charge on any atom is 0.419 e. The van der Waals surface area contributed by atoms with Gasteiger partial charge >= 0.3 is 6.09 Å². The fourth-order valence-electron chi connectivity index (χ4n) is 4.35. The Morgan fingerprint density at radius 2 is 2.00 bits per heavy atom. The van der Waals surface area contributed by atoms with Crippen LogP contribution in [0, 0.1) is 11.7 Å². The second-order valence-electron chi connectivity index (χ2n) is 7.24. The molecule has 0 aromatic heterocycles. The van der Waals surface area contributed by atoms with Crippen molar-refractivity contribution >= 4 is 6.09 Å². The van der Waals surface area contributed by atoms with E-state index >= 15 is 0 Å². The second kappa shape index (κ2) is 8.68. The highest BCUT2D eigenvalue weighted by Gasteiger charge is 2.43. The molecule has 6 nitrogen and oxygen atoms in total. The summed E-state index contributed by atoms with van der Waals surface area (Å²) in [5, 5.41) is 21.6. The Kier molecular flexibility index (Phi) is 6.32. The van der Waals surface area contributed by atoms with Gasteiger partial charge in [0.25, 0.3) is 0 Å². The van der Waals surface area contributed by atoms with Crippen LogP contribution in [0.5, 0.6) is 5.75 Å². The summed E-state index contributed by atoms with van der Waals surface area (Å²) in [7, 11) is 0. The Labute approximate surface area is 152 Å². The molecule has 0 radical (unpaired) electrons. The minimum atomic E-state index is -1.06. The summed E-state index contributed by atoms with van der Waals surface area (Å²) in [4.78, 5) is 11.2. The van der Waals surface area contributed by atoms with Gasteiger partial charge in [0.1, 0.15) is 11.6 Å². The van der Waals surface area contributed by atoms with Gasteiger partial charge in [-0.05, 0) is 56.4 Å². The number of halogens is 1. The number of fused-ring (bicyclic) bond motifs is 1. The molecule has 3 rings (SSSR count). The van der Waals surface area contributed by atoms with E-state index < -0.39 is 6.09 Å². The number of aliphatic hydroxyl groups excluding tert-OH is 1. The minimum absolute atomic E-state index is 0.0442. The van der Waals surface area contributed by atoms with Gasteiger partial charge in [0.15, 0.2) is 0 Å². The van der Waals surface area contributed by atoms with Crippen LogP contribution in [0.4, 0.5) is 9.18 Å². The average Bonchev–Trinajstić information content (AvgIpc) is 2.63. The van der Waals surface area contributed by atoms with E-state index in [9.17, 15) is 19.4 Å². The molecule has 7 heteroatoms. The van der Waals surface area contributed by atoms with E-state index in [1.54, 1.807) is 12.1 Å². The molecular formula is C19H27FN2O4. The van der Waals surface area contributed by atoms with E-state index in [0.717, 1.165) is 38.5 Å². The summed E-state index contributed by atoms with van der Waals surface area (Å²) in [6.07, 6.45) is 4.59. The number of hydrogen-bond acceptors (Lipinski definition) is 4. The van der Waals surface area contributed by atoms with Crippen molar-refractivity contribution in [2.24, 2.45) is 5.92 Å². The Bertz CT molecular complexity index is 598. The Hall–Kier alpha value is -1.86. The van der Waals surface area contributed by atoms with E-state index in [4.69, 9.17) is 4.74 Å². The van der Waals surface area contributed by atoms with Gasteiger partial charge in [-0.15, -0.1) is 0 Å². The predicted octanol–water partition coefficient (Wildman–Crippen LogP) is 3.16. The zero-order valence-corrected chi connectivity index (χ0v) is 14.8. The molecule has 1 aliphatic heterocycles. The van der Waals surface area contributed by atoms with Gasteiger partial charge in [-0.25, -0.2) is 14.2 Å². The second-order valence-corrected chi connectivity index (χ2v) is 7.24. The van der Waals surface area contributed by atoms with E-state index in [1.165, 1.54) is 12.1 Å². The van der Waals surface area contributed by atoms with Gasteiger partial charge in [0.05, 0.1) is 12.7 Å². The van der Waals surface area contributed by atoms with E-state index in [2.05, 4.69) is 5.43 Å². The topological polar surface area (TPSA) is 82.0 Å². The normalized spacial score (nSPS) is 29.0. The monoisotopic (exact) mass is 366 g/mol.